The highest BCUT2D eigenvalue weighted by atomic mass is 32.1. The van der Waals surface area contributed by atoms with Crippen molar-refractivity contribution in [3.05, 3.63) is 69.5 Å². The van der Waals surface area contributed by atoms with Gasteiger partial charge in [-0.3, -0.25) is 18.9 Å². The minimum absolute atomic E-state index is 0.00978. The van der Waals surface area contributed by atoms with Gasteiger partial charge in [0.25, 0.3) is 11.5 Å². The average molecular weight is 519 g/mol. The molecular weight excluding hydrogens is 502 g/mol. The molecule has 2 aromatic heterocycles. The SMILES string of the molecule is COCc1cc(=O)n2cc(N3C(=S)N(c4ccc(C#N)c(C(F)(F)F)c4)C(=O)C3(C)C)cc(F)c2n1. The molecule has 0 N–H and O–H groups in total. The van der Waals surface area contributed by atoms with Gasteiger partial charge in [-0.15, -0.1) is 0 Å². The van der Waals surface area contributed by atoms with E-state index in [0.29, 0.717) is 6.07 Å². The van der Waals surface area contributed by atoms with Crippen LogP contribution in [0.3, 0.4) is 0 Å². The zero-order chi connectivity index (χ0) is 26.6. The van der Waals surface area contributed by atoms with E-state index in [1.165, 1.54) is 50.3 Å². The summed E-state index contributed by atoms with van der Waals surface area (Å²) in [4.78, 5) is 32.2. The number of aromatic nitrogens is 2. The van der Waals surface area contributed by atoms with Crippen LogP contribution in [0.1, 0.15) is 30.7 Å². The Labute approximate surface area is 206 Å². The van der Waals surface area contributed by atoms with Crippen LogP contribution in [0.5, 0.6) is 0 Å². The van der Waals surface area contributed by atoms with Gasteiger partial charge < -0.3 is 9.64 Å². The molecule has 8 nitrogen and oxygen atoms in total. The lowest BCUT2D eigenvalue weighted by atomic mass is 10.0. The Morgan fingerprint density at radius 2 is 1.86 bits per heavy atom. The molecule has 3 aromatic rings. The molecule has 3 heterocycles. The highest BCUT2D eigenvalue weighted by Gasteiger charge is 2.51. The monoisotopic (exact) mass is 519 g/mol. The predicted molar refractivity (Wildman–Crippen MR) is 125 cm³/mol. The number of methoxy groups -OCH3 is 1. The molecule has 0 radical (unpaired) electrons. The van der Waals surface area contributed by atoms with Gasteiger partial charge in [0.05, 0.1) is 40.9 Å². The minimum Gasteiger partial charge on any atom is -0.378 e. The van der Waals surface area contributed by atoms with Crippen molar-refractivity contribution in [2.24, 2.45) is 0 Å². The molecule has 1 amide bonds. The number of anilines is 2. The number of hydrogen-bond acceptors (Lipinski definition) is 6. The van der Waals surface area contributed by atoms with Crippen LogP contribution >= 0.6 is 12.2 Å². The van der Waals surface area contributed by atoms with Crippen LogP contribution in [-0.4, -0.2) is 33.1 Å². The van der Waals surface area contributed by atoms with E-state index >= 15 is 4.39 Å². The van der Waals surface area contributed by atoms with Crippen LogP contribution in [0.2, 0.25) is 0 Å². The zero-order valence-corrected chi connectivity index (χ0v) is 19.9. The number of nitriles is 1. The number of amides is 1. The van der Waals surface area contributed by atoms with E-state index in [1.54, 1.807) is 0 Å². The number of hydrogen-bond donors (Lipinski definition) is 0. The normalized spacial score (nSPS) is 15.6. The first-order chi connectivity index (χ1) is 16.8. The standard InChI is InChI=1S/C23H17F4N5O3S/c1-22(2)20(34)31(14-5-4-12(9-28)16(7-14)23(25,26)27)21(36)32(22)15-8-17(24)19-29-13(11-35-3)6-18(33)30(19)10-15/h4-8,10H,11H2,1-3H3. The molecule has 0 aliphatic carbocycles. The first-order valence-electron chi connectivity index (χ1n) is 10.3. The number of benzene rings is 1. The zero-order valence-electron chi connectivity index (χ0n) is 19.1. The third-order valence-electron chi connectivity index (χ3n) is 5.66. The second-order valence-corrected chi connectivity index (χ2v) is 8.78. The molecule has 0 bridgehead atoms. The summed E-state index contributed by atoms with van der Waals surface area (Å²) in [6.07, 6.45) is -3.60. The fraction of sp³-hybridized carbons (Fsp3) is 0.261. The maximum atomic E-state index is 15.1. The lowest BCUT2D eigenvalue weighted by Gasteiger charge is -2.29. The molecule has 1 fully saturated rings. The predicted octanol–water partition coefficient (Wildman–Crippen LogP) is 3.79. The van der Waals surface area contributed by atoms with Crippen molar-refractivity contribution in [2.45, 2.75) is 32.2 Å². The van der Waals surface area contributed by atoms with Crippen LogP contribution in [0.25, 0.3) is 5.65 Å². The third kappa shape index (κ3) is 3.98. The molecule has 4 rings (SSSR count). The summed E-state index contributed by atoms with van der Waals surface area (Å²) in [5, 5.41) is 8.82. The second-order valence-electron chi connectivity index (χ2n) is 8.42. The van der Waals surface area contributed by atoms with Gasteiger partial charge in [0, 0.05) is 25.4 Å². The molecule has 1 aliphatic heterocycles. The van der Waals surface area contributed by atoms with Crippen molar-refractivity contribution in [3.63, 3.8) is 0 Å². The van der Waals surface area contributed by atoms with Gasteiger partial charge in [0.15, 0.2) is 16.6 Å². The number of pyridine rings is 1. The maximum Gasteiger partial charge on any atom is 0.417 e. The van der Waals surface area contributed by atoms with E-state index in [0.717, 1.165) is 21.4 Å². The van der Waals surface area contributed by atoms with E-state index in [2.05, 4.69) is 4.98 Å². The summed E-state index contributed by atoms with van der Waals surface area (Å²) in [6, 6.07) is 6.46. The number of carbonyl (C=O) groups excluding carboxylic acids is 1. The van der Waals surface area contributed by atoms with Crippen LogP contribution in [0.15, 0.2) is 41.3 Å². The largest absolute Gasteiger partial charge is 0.417 e. The number of halogens is 4. The first kappa shape index (κ1) is 25.2. The summed E-state index contributed by atoms with van der Waals surface area (Å²) in [5.41, 5.74) is -4.17. The van der Waals surface area contributed by atoms with Crippen molar-refractivity contribution >= 4 is 40.3 Å². The molecule has 1 aliphatic rings. The lowest BCUT2D eigenvalue weighted by Crippen LogP contribution is -2.44. The molecule has 1 saturated heterocycles. The maximum absolute atomic E-state index is 15.1. The van der Waals surface area contributed by atoms with Crippen molar-refractivity contribution in [2.75, 3.05) is 16.9 Å². The van der Waals surface area contributed by atoms with E-state index in [9.17, 15) is 22.8 Å². The summed E-state index contributed by atoms with van der Waals surface area (Å²) in [6.45, 7) is 2.91. The molecule has 36 heavy (non-hydrogen) atoms. The van der Waals surface area contributed by atoms with Crippen molar-refractivity contribution in [3.8, 4) is 6.07 Å². The number of carbonyl (C=O) groups is 1. The van der Waals surface area contributed by atoms with Crippen LogP contribution in [-0.2, 0) is 22.3 Å². The Bertz CT molecular complexity index is 1530. The highest BCUT2D eigenvalue weighted by Crippen LogP contribution is 2.39. The van der Waals surface area contributed by atoms with Gasteiger partial charge in [0.2, 0.25) is 0 Å². The van der Waals surface area contributed by atoms with Crippen molar-refractivity contribution in [1.29, 1.82) is 5.26 Å². The number of ether oxygens (including phenoxy) is 1. The fourth-order valence-corrected chi connectivity index (χ4v) is 4.52. The summed E-state index contributed by atoms with van der Waals surface area (Å²) in [7, 11) is 1.40. The molecule has 0 saturated carbocycles. The smallest absolute Gasteiger partial charge is 0.378 e. The fourth-order valence-electron chi connectivity index (χ4n) is 4.00. The van der Waals surface area contributed by atoms with Crippen molar-refractivity contribution in [1.82, 2.24) is 9.38 Å². The minimum atomic E-state index is -4.85. The second kappa shape index (κ2) is 8.65. The summed E-state index contributed by atoms with van der Waals surface area (Å²) in [5.74, 6) is -1.57. The third-order valence-corrected chi connectivity index (χ3v) is 6.03. The summed E-state index contributed by atoms with van der Waals surface area (Å²) < 4.78 is 61.5. The number of nitrogens with zero attached hydrogens (tertiary/aromatic N) is 5. The van der Waals surface area contributed by atoms with Gasteiger partial charge in [-0.25, -0.2) is 9.37 Å². The topological polar surface area (TPSA) is 90.9 Å². The van der Waals surface area contributed by atoms with E-state index in [4.69, 9.17) is 22.2 Å². The average Bonchev–Trinajstić information content (AvgIpc) is 2.97. The Morgan fingerprint density at radius 3 is 2.47 bits per heavy atom. The Morgan fingerprint density at radius 1 is 1.17 bits per heavy atom. The lowest BCUT2D eigenvalue weighted by molar-refractivity contribution is -0.137. The highest BCUT2D eigenvalue weighted by molar-refractivity contribution is 7.81. The molecule has 186 valence electrons. The molecule has 1 aromatic carbocycles. The van der Waals surface area contributed by atoms with Gasteiger partial charge in [0.1, 0.15) is 5.54 Å². The van der Waals surface area contributed by atoms with Crippen LogP contribution in [0, 0.1) is 17.1 Å². The van der Waals surface area contributed by atoms with Gasteiger partial charge in [-0.1, -0.05) is 0 Å². The molecule has 0 unspecified atom stereocenters. The van der Waals surface area contributed by atoms with E-state index in [-0.39, 0.29) is 34.4 Å². The Kier molecular flexibility index (Phi) is 6.06. The summed E-state index contributed by atoms with van der Waals surface area (Å²) >= 11 is 5.45. The van der Waals surface area contributed by atoms with Gasteiger partial charge in [-0.2, -0.15) is 18.4 Å². The van der Waals surface area contributed by atoms with E-state index in [1.807, 2.05) is 0 Å². The molecular formula is C23H17F4N5O3S. The Balaban J connectivity index is 1.85. The van der Waals surface area contributed by atoms with Crippen LogP contribution < -0.4 is 15.4 Å². The first-order valence-corrected chi connectivity index (χ1v) is 10.7. The van der Waals surface area contributed by atoms with E-state index < -0.39 is 40.1 Å². The van der Waals surface area contributed by atoms with Crippen molar-refractivity contribution < 1.29 is 27.1 Å². The number of fused-ring (bicyclic) bond motifs is 1. The quantitative estimate of drug-likeness (QED) is 0.383. The Hall–Kier alpha value is -3.89. The molecule has 13 heteroatoms. The number of thiocarbonyl (C=S) groups is 1. The number of alkyl halides is 3. The number of rotatable bonds is 4. The van der Waals surface area contributed by atoms with Crippen LogP contribution in [0.4, 0.5) is 28.9 Å². The van der Waals surface area contributed by atoms with Gasteiger partial charge >= 0.3 is 6.18 Å². The van der Waals surface area contributed by atoms with Gasteiger partial charge in [-0.05, 0) is 44.3 Å². The molecule has 0 spiro atoms. The molecule has 0 atom stereocenters.